The Hall–Kier alpha value is -8.64. The summed E-state index contributed by atoms with van der Waals surface area (Å²) in [5.41, 5.74) is 19.8. The van der Waals surface area contributed by atoms with E-state index in [0.717, 1.165) is 50.8 Å². The summed E-state index contributed by atoms with van der Waals surface area (Å²) in [6.07, 6.45) is 40.5. The van der Waals surface area contributed by atoms with Crippen LogP contribution in [0.3, 0.4) is 0 Å². The van der Waals surface area contributed by atoms with E-state index in [9.17, 15) is 10.2 Å². The summed E-state index contributed by atoms with van der Waals surface area (Å²) in [6, 6.07) is 77.0. The lowest BCUT2D eigenvalue weighted by Crippen LogP contribution is -3.00. The molecule has 0 spiro atoms. The third-order valence-electron chi connectivity index (χ3n) is 20.6. The predicted molar refractivity (Wildman–Crippen MR) is 446 cm³/mol. The molecule has 0 saturated carbocycles. The fourth-order valence-electron chi connectivity index (χ4n) is 14.6. The SMILES string of the molecule is CCC(O)CCn1cc(/C=C/c2cc[n+](C)c3ccccc23)c2ccccc21.CCC(O)Cn1cc(/C=C/c2cc[n+](C)c3ccccc23)c2ccccc21.CCCCn1cc(/C=C/c2cc[n+](C)c3ccccc23)c2ccccc21.CCCn1cc(/C=C/c2cc[n+](C)c3ccccc23)c2ccccc21.[I-].[I-].[I-].[I-]. The highest BCUT2D eigenvalue weighted by Crippen LogP contribution is 2.31. The van der Waals surface area contributed by atoms with E-state index in [-0.39, 0.29) is 108 Å². The predicted octanol–water partition coefficient (Wildman–Crippen LogP) is 8.32. The van der Waals surface area contributed by atoms with Crippen molar-refractivity contribution in [3.8, 4) is 0 Å². The van der Waals surface area contributed by atoms with Crippen LogP contribution < -0.4 is 114 Å². The van der Waals surface area contributed by atoms with Crippen LogP contribution in [0.15, 0.2) is 268 Å². The fraction of sp³-hybridized carbons (Fsp3) is 0.208. The Balaban J connectivity index is 0.000000167. The van der Waals surface area contributed by atoms with Crippen LogP contribution in [-0.2, 0) is 54.4 Å². The molecule has 8 aromatic carbocycles. The molecule has 0 radical (unpaired) electrons. The van der Waals surface area contributed by atoms with Crippen LogP contribution in [-0.4, -0.2) is 40.7 Å². The maximum absolute atomic E-state index is 10.1. The minimum Gasteiger partial charge on any atom is -1.00 e. The molecule has 0 amide bonds. The number of aromatic nitrogens is 8. The lowest BCUT2D eigenvalue weighted by molar-refractivity contribution is -0.645. The molecule has 0 aliphatic rings. The minimum absolute atomic E-state index is 0. The zero-order chi connectivity index (χ0) is 73.5. The second kappa shape index (κ2) is 41.0. The Kier molecular flexibility index (Phi) is 31.9. The number of hydrogen-bond donors (Lipinski definition) is 2. The van der Waals surface area contributed by atoms with Crippen molar-refractivity contribution in [2.45, 2.75) is 105 Å². The van der Waals surface area contributed by atoms with Gasteiger partial charge in [-0.15, -0.1) is 0 Å². The second-order valence-electron chi connectivity index (χ2n) is 27.8. The zero-order valence-corrected chi connectivity index (χ0v) is 72.9. The van der Waals surface area contributed by atoms with E-state index in [2.05, 4.69) is 395 Å². The van der Waals surface area contributed by atoms with Gasteiger partial charge in [0.1, 0.15) is 28.2 Å². The lowest BCUT2D eigenvalue weighted by atomic mass is 10.1. The number of fused-ring (bicyclic) bond motifs is 8. The van der Waals surface area contributed by atoms with E-state index in [1.807, 2.05) is 13.8 Å². The Morgan fingerprint density at radius 3 is 0.836 bits per heavy atom. The Bertz CT molecular complexity index is 5880. The first-order valence-corrected chi connectivity index (χ1v) is 37.8. The summed E-state index contributed by atoms with van der Waals surface area (Å²) >= 11 is 0. The molecule has 8 aromatic heterocycles. The highest BCUT2D eigenvalue weighted by molar-refractivity contribution is 5.99. The van der Waals surface area contributed by atoms with Crippen LogP contribution in [0.4, 0.5) is 0 Å². The first kappa shape index (κ1) is 85.4. The van der Waals surface area contributed by atoms with Gasteiger partial charge in [-0.05, 0) is 125 Å². The topological polar surface area (TPSA) is 75.7 Å². The van der Waals surface area contributed by atoms with Crippen LogP contribution in [0, 0.1) is 0 Å². The van der Waals surface area contributed by atoms with Crippen molar-refractivity contribution in [1.82, 2.24) is 18.3 Å². The first-order chi connectivity index (χ1) is 51.9. The van der Waals surface area contributed by atoms with Gasteiger partial charge in [0.15, 0.2) is 24.8 Å². The standard InChI is InChI=1S/C25H27N2O.C24H25N2O.C24H25N2.C23H23N2.4HI/c1-3-21(28)15-17-27-18-20(23-9-5-7-11-25(23)27)13-12-19-14-16-26(2)24-10-6-4-8-22(19)24;1-3-20(27)17-26-16-19(22-9-5-7-11-24(22)26)13-12-18-14-15-25(2)23-10-6-4-8-21(18)23;1-3-4-16-26-18-20(22-10-6-8-12-24(22)26)14-13-19-15-17-25(2)23-11-7-5-9-21(19)23;1-3-15-25-17-19(21-9-5-7-11-23(21)25)13-12-18-14-16-24(2)22-10-6-4-8-20(18)22;;;;/h4-14,16,18,21,28H,3,15,17H2,1-2H3;4-16,20,27H,3,17H2,1-2H3;5-15,17-18H,3-4,16H2,1-2H3;4-14,16-17H,3,15H2,1-2H3;4*1H/q4*+1;;;;/p-4. The molecule has 14 heteroatoms. The van der Waals surface area contributed by atoms with Crippen molar-refractivity contribution in [3.63, 3.8) is 0 Å². The van der Waals surface area contributed by atoms with Crippen LogP contribution in [0.5, 0.6) is 0 Å². The van der Waals surface area contributed by atoms with Gasteiger partial charge < -0.3 is 124 Å². The third-order valence-corrected chi connectivity index (χ3v) is 20.6. The van der Waals surface area contributed by atoms with Crippen LogP contribution in [0.2, 0.25) is 0 Å². The smallest absolute Gasteiger partial charge is 0.212 e. The maximum Gasteiger partial charge on any atom is 0.212 e. The van der Waals surface area contributed by atoms with Crippen molar-refractivity contribution in [2.75, 3.05) is 0 Å². The Morgan fingerprint density at radius 1 is 0.282 bits per heavy atom. The zero-order valence-electron chi connectivity index (χ0n) is 64.2. The molecule has 2 unspecified atom stereocenters. The number of pyridine rings is 4. The van der Waals surface area contributed by atoms with Gasteiger partial charge in [0, 0.05) is 143 Å². The molecule has 8 heterocycles. The monoisotopic (exact) mass is 1900 g/mol. The molecule has 564 valence electrons. The van der Waals surface area contributed by atoms with E-state index < -0.39 is 0 Å². The maximum atomic E-state index is 10.1. The van der Waals surface area contributed by atoms with E-state index in [1.165, 1.54) is 139 Å². The minimum atomic E-state index is -0.323. The number of aliphatic hydroxyl groups is 2. The molecule has 16 rings (SSSR count). The molecule has 10 nitrogen and oxygen atoms in total. The number of aliphatic hydroxyl groups excluding tert-OH is 2. The quantitative estimate of drug-likeness (QED) is 0.0596. The number of para-hydroxylation sites is 8. The van der Waals surface area contributed by atoms with Crippen molar-refractivity contribution >= 4 is 136 Å². The van der Waals surface area contributed by atoms with Crippen molar-refractivity contribution in [2.24, 2.45) is 28.2 Å². The van der Waals surface area contributed by atoms with Crippen LogP contribution >= 0.6 is 0 Å². The van der Waals surface area contributed by atoms with Gasteiger partial charge in [-0.25, -0.2) is 18.3 Å². The molecule has 0 bridgehead atoms. The fourth-order valence-corrected chi connectivity index (χ4v) is 14.6. The molecule has 0 fully saturated rings. The number of benzene rings is 8. The molecule has 110 heavy (non-hydrogen) atoms. The van der Waals surface area contributed by atoms with Crippen LogP contribution in [0.1, 0.15) is 111 Å². The summed E-state index contributed by atoms with van der Waals surface area (Å²) in [5, 5.41) is 30.2. The number of nitrogens with zero attached hydrogens (tertiary/aromatic N) is 8. The van der Waals surface area contributed by atoms with Crippen molar-refractivity contribution < 1.29 is 124 Å². The average Bonchev–Trinajstić information content (AvgIpc) is 1.29. The molecule has 2 N–H and O–H groups in total. The number of halogens is 4. The van der Waals surface area contributed by atoms with E-state index in [1.54, 1.807) is 0 Å². The molecular formula is C96H100I4N8O2. The summed E-state index contributed by atoms with van der Waals surface area (Å²) < 4.78 is 17.8. The molecule has 0 aliphatic heterocycles. The van der Waals surface area contributed by atoms with E-state index in [4.69, 9.17) is 0 Å². The van der Waals surface area contributed by atoms with Gasteiger partial charge in [0.2, 0.25) is 22.1 Å². The first-order valence-electron chi connectivity index (χ1n) is 37.8. The van der Waals surface area contributed by atoms with Crippen molar-refractivity contribution in [3.05, 3.63) is 312 Å². The summed E-state index contributed by atoms with van der Waals surface area (Å²) in [6.45, 7) is 12.1. The second-order valence-corrected chi connectivity index (χ2v) is 27.8. The summed E-state index contributed by atoms with van der Waals surface area (Å²) in [7, 11) is 8.34. The number of unbranched alkanes of at least 4 members (excludes halogenated alkanes) is 1. The highest BCUT2D eigenvalue weighted by atomic mass is 127. The molecule has 16 aromatic rings. The van der Waals surface area contributed by atoms with E-state index >= 15 is 0 Å². The van der Waals surface area contributed by atoms with Gasteiger partial charge in [0.25, 0.3) is 0 Å². The third kappa shape index (κ3) is 20.0. The average molecular weight is 1910 g/mol. The molecular weight excluding hydrogens is 1800 g/mol. The summed E-state index contributed by atoms with van der Waals surface area (Å²) in [4.78, 5) is 0. The molecule has 0 aliphatic carbocycles. The number of hydrogen-bond acceptors (Lipinski definition) is 2. The van der Waals surface area contributed by atoms with Gasteiger partial charge in [-0.2, -0.15) is 0 Å². The largest absolute Gasteiger partial charge is 1.00 e. The van der Waals surface area contributed by atoms with Gasteiger partial charge in [0.05, 0.1) is 33.8 Å². The molecule has 0 saturated heterocycles. The Labute approximate surface area is 716 Å². The normalized spacial score (nSPS) is 11.9. The van der Waals surface area contributed by atoms with Crippen LogP contribution in [0.25, 0.3) is 136 Å². The van der Waals surface area contributed by atoms with E-state index in [0.29, 0.717) is 6.54 Å². The summed E-state index contributed by atoms with van der Waals surface area (Å²) in [5.74, 6) is 0. The van der Waals surface area contributed by atoms with Crippen molar-refractivity contribution in [1.29, 1.82) is 0 Å². The van der Waals surface area contributed by atoms with Gasteiger partial charge in [-0.3, -0.25) is 0 Å². The number of aryl methyl sites for hydroxylation is 7. The molecule has 2 atom stereocenters. The van der Waals surface area contributed by atoms with Gasteiger partial charge >= 0.3 is 0 Å². The van der Waals surface area contributed by atoms with Gasteiger partial charge in [-0.1, -0.05) is 204 Å². The highest BCUT2D eigenvalue weighted by Gasteiger charge is 2.16. The Morgan fingerprint density at radius 2 is 0.536 bits per heavy atom. The lowest BCUT2D eigenvalue weighted by Gasteiger charge is -2.09. The number of rotatable bonds is 20.